The standard InChI is InChI=1S/C21H25ClN2O3S/c1-15-10-16(2)12-20(11-15)23-21(25)18-4-3-9-24(13-18)28(26,27)14-17-5-7-19(22)8-6-17/h5-8,10-12,18H,3-4,9,13-14H2,1-2H3,(H,23,25). The number of nitrogens with one attached hydrogen (secondary N) is 1. The highest BCUT2D eigenvalue weighted by molar-refractivity contribution is 7.88. The lowest BCUT2D eigenvalue weighted by Crippen LogP contribution is -2.44. The van der Waals surface area contributed by atoms with Gasteiger partial charge in [-0.25, -0.2) is 12.7 Å². The van der Waals surface area contributed by atoms with Crippen LogP contribution in [0.25, 0.3) is 0 Å². The fourth-order valence-corrected chi connectivity index (χ4v) is 5.32. The van der Waals surface area contributed by atoms with Crippen LogP contribution in [0, 0.1) is 19.8 Å². The van der Waals surface area contributed by atoms with E-state index in [0.717, 1.165) is 16.8 Å². The first-order valence-corrected chi connectivity index (χ1v) is 11.3. The van der Waals surface area contributed by atoms with Crippen molar-refractivity contribution in [2.24, 2.45) is 5.92 Å². The van der Waals surface area contributed by atoms with Crippen LogP contribution in [0.3, 0.4) is 0 Å². The van der Waals surface area contributed by atoms with Crippen LogP contribution in [0.2, 0.25) is 5.02 Å². The maximum Gasteiger partial charge on any atom is 0.228 e. The Bertz CT molecular complexity index is 938. The summed E-state index contributed by atoms with van der Waals surface area (Å²) in [5, 5.41) is 3.52. The summed E-state index contributed by atoms with van der Waals surface area (Å²) in [7, 11) is -3.49. The fourth-order valence-electron chi connectivity index (χ4n) is 3.58. The van der Waals surface area contributed by atoms with Gasteiger partial charge in [0.25, 0.3) is 0 Å². The van der Waals surface area contributed by atoms with Gasteiger partial charge in [0, 0.05) is 23.8 Å². The average Bonchev–Trinajstić information content (AvgIpc) is 2.63. The molecule has 28 heavy (non-hydrogen) atoms. The van der Waals surface area contributed by atoms with Gasteiger partial charge in [-0.15, -0.1) is 0 Å². The van der Waals surface area contributed by atoms with Crippen LogP contribution in [0.5, 0.6) is 0 Å². The summed E-state index contributed by atoms with van der Waals surface area (Å²) in [5.41, 5.74) is 3.59. The Balaban J connectivity index is 1.67. The highest BCUT2D eigenvalue weighted by Gasteiger charge is 2.32. The van der Waals surface area contributed by atoms with Gasteiger partial charge in [-0.2, -0.15) is 0 Å². The first-order chi connectivity index (χ1) is 13.2. The zero-order valence-corrected chi connectivity index (χ0v) is 17.7. The van der Waals surface area contributed by atoms with E-state index in [1.807, 2.05) is 32.0 Å². The molecule has 1 saturated heterocycles. The van der Waals surface area contributed by atoms with Gasteiger partial charge in [0.15, 0.2) is 0 Å². The summed E-state index contributed by atoms with van der Waals surface area (Å²) >= 11 is 5.87. The molecule has 2 aromatic rings. The van der Waals surface area contributed by atoms with Crippen LogP contribution < -0.4 is 5.32 Å². The lowest BCUT2D eigenvalue weighted by molar-refractivity contribution is -0.120. The summed E-state index contributed by atoms with van der Waals surface area (Å²) in [6.07, 6.45) is 1.36. The molecule has 1 aliphatic rings. The van der Waals surface area contributed by atoms with E-state index >= 15 is 0 Å². The molecule has 150 valence electrons. The predicted molar refractivity (Wildman–Crippen MR) is 113 cm³/mol. The average molecular weight is 421 g/mol. The molecular formula is C21H25ClN2O3S. The Morgan fingerprint density at radius 1 is 1.14 bits per heavy atom. The van der Waals surface area contributed by atoms with Gasteiger partial charge < -0.3 is 5.32 Å². The summed E-state index contributed by atoms with van der Waals surface area (Å²) in [6.45, 7) is 4.62. The van der Waals surface area contributed by atoms with Crippen LogP contribution >= 0.6 is 11.6 Å². The second kappa shape index (κ2) is 8.64. The molecule has 7 heteroatoms. The number of anilines is 1. The quantitative estimate of drug-likeness (QED) is 0.790. The first kappa shape index (κ1) is 20.8. The first-order valence-electron chi connectivity index (χ1n) is 9.34. The molecule has 5 nitrogen and oxygen atoms in total. The van der Waals surface area contributed by atoms with Crippen LogP contribution in [0.1, 0.15) is 29.5 Å². The maximum absolute atomic E-state index is 12.8. The number of halogens is 1. The van der Waals surface area contributed by atoms with Crippen molar-refractivity contribution >= 4 is 33.2 Å². The van der Waals surface area contributed by atoms with Gasteiger partial charge in [0.1, 0.15) is 0 Å². The van der Waals surface area contributed by atoms with Crippen LogP contribution in [-0.2, 0) is 20.6 Å². The topological polar surface area (TPSA) is 66.5 Å². The van der Waals surface area contributed by atoms with Crippen LogP contribution in [0.15, 0.2) is 42.5 Å². The van der Waals surface area contributed by atoms with E-state index in [2.05, 4.69) is 5.32 Å². The van der Waals surface area contributed by atoms with Gasteiger partial charge in [-0.1, -0.05) is 29.8 Å². The molecule has 1 heterocycles. The molecule has 1 fully saturated rings. The Morgan fingerprint density at radius 3 is 2.43 bits per heavy atom. The minimum absolute atomic E-state index is 0.0877. The maximum atomic E-state index is 12.8. The number of piperidine rings is 1. The van der Waals surface area contributed by atoms with Crippen molar-refractivity contribution in [3.05, 3.63) is 64.2 Å². The van der Waals surface area contributed by atoms with Gasteiger partial charge in [-0.05, 0) is 67.6 Å². The molecule has 1 unspecified atom stereocenters. The molecule has 3 rings (SSSR count). The molecule has 1 aliphatic heterocycles. The summed E-state index contributed by atoms with van der Waals surface area (Å²) in [5.74, 6) is -0.568. The molecule has 1 amide bonds. The molecule has 0 aliphatic carbocycles. The van der Waals surface area contributed by atoms with E-state index in [-0.39, 0.29) is 24.1 Å². The van der Waals surface area contributed by atoms with E-state index in [0.29, 0.717) is 30.0 Å². The van der Waals surface area contributed by atoms with E-state index in [9.17, 15) is 13.2 Å². The third-order valence-electron chi connectivity index (χ3n) is 4.90. The Labute approximate surface area is 171 Å². The van der Waals surface area contributed by atoms with Gasteiger partial charge in [0.05, 0.1) is 11.7 Å². The Morgan fingerprint density at radius 2 is 1.79 bits per heavy atom. The minimum Gasteiger partial charge on any atom is -0.326 e. The Hall–Kier alpha value is -1.89. The van der Waals surface area contributed by atoms with Crippen molar-refractivity contribution in [3.8, 4) is 0 Å². The minimum atomic E-state index is -3.49. The number of hydrogen-bond donors (Lipinski definition) is 1. The molecule has 0 saturated carbocycles. The molecule has 2 aromatic carbocycles. The van der Waals surface area contributed by atoms with E-state index in [1.165, 1.54) is 4.31 Å². The van der Waals surface area contributed by atoms with Crippen molar-refractivity contribution < 1.29 is 13.2 Å². The number of carbonyl (C=O) groups excluding carboxylic acids is 1. The number of benzene rings is 2. The van der Waals surface area contributed by atoms with Crippen molar-refractivity contribution in [1.29, 1.82) is 0 Å². The number of nitrogens with zero attached hydrogens (tertiary/aromatic N) is 1. The van der Waals surface area contributed by atoms with Crippen LogP contribution in [0.4, 0.5) is 5.69 Å². The number of carbonyl (C=O) groups is 1. The summed E-state index contributed by atoms with van der Waals surface area (Å²) < 4.78 is 27.1. The highest BCUT2D eigenvalue weighted by Crippen LogP contribution is 2.24. The van der Waals surface area contributed by atoms with E-state index in [1.54, 1.807) is 24.3 Å². The van der Waals surface area contributed by atoms with Crippen LogP contribution in [-0.4, -0.2) is 31.7 Å². The number of amides is 1. The lowest BCUT2D eigenvalue weighted by Gasteiger charge is -2.31. The van der Waals surface area contributed by atoms with E-state index in [4.69, 9.17) is 11.6 Å². The van der Waals surface area contributed by atoms with Crippen molar-refractivity contribution in [3.63, 3.8) is 0 Å². The molecule has 1 atom stereocenters. The normalized spacial score (nSPS) is 18.0. The Kier molecular flexibility index (Phi) is 6.43. The summed E-state index contributed by atoms with van der Waals surface area (Å²) in [4.78, 5) is 12.7. The number of sulfonamides is 1. The molecule has 1 N–H and O–H groups in total. The van der Waals surface area contributed by atoms with Crippen molar-refractivity contribution in [1.82, 2.24) is 4.31 Å². The smallest absolute Gasteiger partial charge is 0.228 e. The van der Waals surface area contributed by atoms with E-state index < -0.39 is 10.0 Å². The predicted octanol–water partition coefficient (Wildman–Crippen LogP) is 4.14. The van der Waals surface area contributed by atoms with Gasteiger partial charge in [0.2, 0.25) is 15.9 Å². The number of hydrogen-bond acceptors (Lipinski definition) is 3. The summed E-state index contributed by atoms with van der Waals surface area (Å²) in [6, 6.07) is 12.7. The molecule has 0 radical (unpaired) electrons. The third-order valence-corrected chi connectivity index (χ3v) is 6.97. The second-order valence-electron chi connectivity index (χ2n) is 7.45. The largest absolute Gasteiger partial charge is 0.326 e. The monoisotopic (exact) mass is 420 g/mol. The fraction of sp³-hybridized carbons (Fsp3) is 0.381. The molecule has 0 bridgehead atoms. The zero-order valence-electron chi connectivity index (χ0n) is 16.1. The SMILES string of the molecule is Cc1cc(C)cc(NC(=O)C2CCCN(S(=O)(=O)Cc3ccc(Cl)cc3)C2)c1. The van der Waals surface area contributed by atoms with Crippen molar-refractivity contribution in [2.45, 2.75) is 32.4 Å². The van der Waals surface area contributed by atoms with Crippen molar-refractivity contribution in [2.75, 3.05) is 18.4 Å². The molecular weight excluding hydrogens is 396 g/mol. The third kappa shape index (κ3) is 5.34. The molecule has 0 spiro atoms. The highest BCUT2D eigenvalue weighted by atomic mass is 35.5. The van der Waals surface area contributed by atoms with Gasteiger partial charge in [-0.3, -0.25) is 4.79 Å². The number of rotatable bonds is 5. The second-order valence-corrected chi connectivity index (χ2v) is 9.85. The number of aryl methyl sites for hydroxylation is 2. The molecule has 0 aromatic heterocycles. The van der Waals surface area contributed by atoms with Gasteiger partial charge >= 0.3 is 0 Å². The lowest BCUT2D eigenvalue weighted by atomic mass is 9.98. The zero-order chi connectivity index (χ0) is 20.3.